The van der Waals surface area contributed by atoms with Crippen molar-refractivity contribution >= 4 is 35.4 Å². The average Bonchev–Trinajstić information content (AvgIpc) is 2.78. The third-order valence-electron chi connectivity index (χ3n) is 4.05. The first-order valence-electron chi connectivity index (χ1n) is 10.2. The number of carbonyl (C=O) groups excluding carboxylic acids is 2. The van der Waals surface area contributed by atoms with Crippen LogP contribution in [0.5, 0.6) is 0 Å². The zero-order valence-electron chi connectivity index (χ0n) is 19.1. The fraction of sp³-hybridized carbons (Fsp3) is 0.381. The second kappa shape index (κ2) is 16.4. The number of anilines is 1. The number of carboxylic acid groups (broad SMARTS) is 3. The minimum absolute atomic E-state index is 0.107. The van der Waals surface area contributed by atoms with Gasteiger partial charge in [0.2, 0.25) is 5.91 Å². The molecule has 0 heterocycles. The number of amides is 2. The summed E-state index contributed by atoms with van der Waals surface area (Å²) in [4.78, 5) is 53.0. The molecule has 13 nitrogen and oxygen atoms in total. The average molecular weight is 499 g/mol. The van der Waals surface area contributed by atoms with Crippen molar-refractivity contribution < 1.29 is 43.7 Å². The lowest BCUT2D eigenvalue weighted by Gasteiger charge is -2.15. The molecule has 0 aromatic heterocycles. The number of rotatable bonds is 13. The Labute approximate surface area is 200 Å². The largest absolute Gasteiger partial charge is 0.481 e. The maximum atomic E-state index is 12.0. The fourth-order valence-corrected chi connectivity index (χ4v) is 2.40. The molecule has 9 N–H and O–H groups in total. The van der Waals surface area contributed by atoms with E-state index in [0.29, 0.717) is 29.8 Å². The number of nitrogens with zero attached hydrogens (tertiary/aromatic N) is 1. The topological polar surface area (TPSA) is 225 Å². The van der Waals surface area contributed by atoms with Gasteiger partial charge in [-0.3, -0.25) is 28.6 Å². The van der Waals surface area contributed by atoms with E-state index in [1.807, 2.05) is 0 Å². The Morgan fingerprint density at radius 1 is 1.06 bits per heavy atom. The molecule has 0 aliphatic heterocycles. The lowest BCUT2D eigenvalue weighted by Crippen LogP contribution is -2.39. The number of hydrazine groups is 1. The van der Waals surface area contributed by atoms with E-state index in [4.69, 9.17) is 26.9 Å². The van der Waals surface area contributed by atoms with Crippen LogP contribution in [0.1, 0.15) is 43.0 Å². The van der Waals surface area contributed by atoms with E-state index in [1.54, 1.807) is 12.1 Å². The molecule has 0 radical (unpaired) electrons. The number of allylic oxidation sites excluding steroid dienone is 1. The summed E-state index contributed by atoms with van der Waals surface area (Å²) < 4.78 is 12.0. The number of carboxylic acids is 3. The lowest BCUT2D eigenvalue weighted by molar-refractivity contribution is -0.142. The number of hydrogen-bond donors (Lipinski definition) is 7. The van der Waals surface area contributed by atoms with Gasteiger partial charge in [0.25, 0.3) is 5.91 Å². The Morgan fingerprint density at radius 3 is 2.11 bits per heavy atom. The summed E-state index contributed by atoms with van der Waals surface area (Å²) in [5, 5.41) is 30.9. The SMILES string of the molecule is CC(=O)NC(CCC(=O)O)C(=O)O.N/C(=C\N(N)c1ccc(C(=O)NCC(=O)O)cc1)CCCF. The Kier molecular flexibility index (Phi) is 14.4. The molecular formula is C21H30FN5O8. The van der Waals surface area contributed by atoms with Gasteiger partial charge in [-0.15, -0.1) is 0 Å². The minimum Gasteiger partial charge on any atom is -0.481 e. The maximum absolute atomic E-state index is 12.0. The lowest BCUT2D eigenvalue weighted by atomic mass is 10.1. The van der Waals surface area contributed by atoms with Crippen LogP contribution in [-0.2, 0) is 19.2 Å². The van der Waals surface area contributed by atoms with Crippen molar-refractivity contribution in [1.29, 1.82) is 0 Å². The molecule has 1 aromatic carbocycles. The molecule has 1 rings (SSSR count). The molecule has 0 saturated heterocycles. The highest BCUT2D eigenvalue weighted by Gasteiger charge is 2.18. The van der Waals surface area contributed by atoms with Crippen LogP contribution in [-0.4, -0.2) is 64.3 Å². The van der Waals surface area contributed by atoms with Crippen LogP contribution in [0.15, 0.2) is 36.2 Å². The number of nitrogens with one attached hydrogen (secondary N) is 2. The Morgan fingerprint density at radius 2 is 1.66 bits per heavy atom. The third-order valence-corrected chi connectivity index (χ3v) is 4.05. The van der Waals surface area contributed by atoms with Crippen molar-refractivity contribution in [1.82, 2.24) is 10.6 Å². The zero-order valence-corrected chi connectivity index (χ0v) is 19.1. The number of hydrogen-bond acceptors (Lipinski definition) is 8. The van der Waals surface area contributed by atoms with Crippen LogP contribution < -0.4 is 27.2 Å². The maximum Gasteiger partial charge on any atom is 0.326 e. The molecule has 2 amide bonds. The van der Waals surface area contributed by atoms with Crippen LogP contribution in [0.25, 0.3) is 0 Å². The summed E-state index contributed by atoms with van der Waals surface area (Å²) in [7, 11) is 0. The standard InChI is InChI=1S/C14H19FN4O3.C7H11NO5/c15-7-1-2-11(16)9-19(17)12-5-3-10(4-6-12)14(22)18-8-13(20)21;1-4(9)8-5(7(12)13)2-3-6(10)11/h3-6,9H,1-2,7-8,16-17H2,(H,18,22)(H,20,21);5H,2-3H2,1H3,(H,8,9)(H,10,11)(H,12,13)/b11-9-;. The van der Waals surface area contributed by atoms with E-state index in [-0.39, 0.29) is 12.8 Å². The van der Waals surface area contributed by atoms with E-state index >= 15 is 0 Å². The molecule has 194 valence electrons. The highest BCUT2D eigenvalue weighted by molar-refractivity contribution is 5.96. The van der Waals surface area contributed by atoms with Crippen LogP contribution in [0.4, 0.5) is 10.1 Å². The summed E-state index contributed by atoms with van der Waals surface area (Å²) in [6.07, 6.45) is 1.83. The molecule has 0 bridgehead atoms. The molecule has 1 unspecified atom stereocenters. The predicted molar refractivity (Wildman–Crippen MR) is 123 cm³/mol. The van der Waals surface area contributed by atoms with Crippen molar-refractivity contribution in [2.45, 2.75) is 38.6 Å². The van der Waals surface area contributed by atoms with E-state index in [1.165, 1.54) is 30.3 Å². The summed E-state index contributed by atoms with van der Waals surface area (Å²) >= 11 is 0. The van der Waals surface area contributed by atoms with Crippen molar-refractivity contribution in [3.05, 3.63) is 41.7 Å². The van der Waals surface area contributed by atoms with Gasteiger partial charge in [-0.1, -0.05) is 0 Å². The van der Waals surface area contributed by atoms with Gasteiger partial charge in [0.15, 0.2) is 0 Å². The number of carbonyl (C=O) groups is 5. The first kappa shape index (κ1) is 30.8. The van der Waals surface area contributed by atoms with Gasteiger partial charge in [-0.2, -0.15) is 0 Å². The highest BCUT2D eigenvalue weighted by Crippen LogP contribution is 2.14. The summed E-state index contributed by atoms with van der Waals surface area (Å²) in [6.45, 7) is 0.285. The molecule has 35 heavy (non-hydrogen) atoms. The van der Waals surface area contributed by atoms with Crippen LogP contribution in [0, 0.1) is 0 Å². The second-order valence-electron chi connectivity index (χ2n) is 7.05. The number of nitrogens with two attached hydrogens (primary N) is 2. The number of aliphatic carboxylic acids is 3. The fourth-order valence-electron chi connectivity index (χ4n) is 2.40. The van der Waals surface area contributed by atoms with Crippen molar-refractivity contribution in [2.24, 2.45) is 11.6 Å². The quantitative estimate of drug-likeness (QED) is 0.143. The van der Waals surface area contributed by atoms with Gasteiger partial charge in [-0.25, -0.2) is 10.6 Å². The van der Waals surface area contributed by atoms with Crippen LogP contribution >= 0.6 is 0 Å². The Hall–Kier alpha value is -4.20. The molecule has 1 aromatic rings. The predicted octanol–water partition coefficient (Wildman–Crippen LogP) is 0.171. The first-order chi connectivity index (χ1) is 16.4. The summed E-state index contributed by atoms with van der Waals surface area (Å²) in [6, 6.07) is 5.09. The van der Waals surface area contributed by atoms with Gasteiger partial charge in [-0.05, 0) is 43.5 Å². The van der Waals surface area contributed by atoms with Crippen molar-refractivity contribution in [3.8, 4) is 0 Å². The second-order valence-corrected chi connectivity index (χ2v) is 7.05. The number of halogens is 1. The molecular weight excluding hydrogens is 469 g/mol. The molecule has 0 aliphatic rings. The Balaban J connectivity index is 0.000000761. The summed E-state index contributed by atoms with van der Waals surface area (Å²) in [5.74, 6) is 1.39. The van der Waals surface area contributed by atoms with Gasteiger partial charge in [0, 0.05) is 30.8 Å². The molecule has 0 fully saturated rings. The number of benzene rings is 1. The van der Waals surface area contributed by atoms with E-state index in [9.17, 15) is 28.4 Å². The molecule has 1 atom stereocenters. The highest BCUT2D eigenvalue weighted by atomic mass is 19.1. The Bertz CT molecular complexity index is 907. The van der Waals surface area contributed by atoms with Crippen LogP contribution in [0.2, 0.25) is 0 Å². The molecule has 14 heteroatoms. The van der Waals surface area contributed by atoms with Gasteiger partial charge < -0.3 is 31.7 Å². The van der Waals surface area contributed by atoms with Gasteiger partial charge >= 0.3 is 17.9 Å². The van der Waals surface area contributed by atoms with Gasteiger partial charge in [0.05, 0.1) is 12.4 Å². The minimum atomic E-state index is -1.23. The van der Waals surface area contributed by atoms with E-state index < -0.39 is 49.0 Å². The number of alkyl halides is 1. The van der Waals surface area contributed by atoms with Crippen molar-refractivity contribution in [3.63, 3.8) is 0 Å². The molecule has 0 saturated carbocycles. The van der Waals surface area contributed by atoms with Gasteiger partial charge in [0.1, 0.15) is 12.6 Å². The van der Waals surface area contributed by atoms with Crippen molar-refractivity contribution in [2.75, 3.05) is 18.2 Å². The normalized spacial score (nSPS) is 11.3. The third kappa shape index (κ3) is 14.5. The first-order valence-corrected chi connectivity index (χ1v) is 10.2. The van der Waals surface area contributed by atoms with E-state index in [2.05, 4.69) is 10.6 Å². The van der Waals surface area contributed by atoms with E-state index in [0.717, 1.165) is 0 Å². The molecule has 0 spiro atoms. The van der Waals surface area contributed by atoms with Crippen LogP contribution in [0.3, 0.4) is 0 Å². The molecule has 0 aliphatic carbocycles. The smallest absolute Gasteiger partial charge is 0.326 e. The monoisotopic (exact) mass is 499 g/mol. The summed E-state index contributed by atoms with van der Waals surface area (Å²) in [5.41, 5.74) is 7.04. The zero-order chi connectivity index (χ0) is 27.0.